The maximum Gasteiger partial charge on any atom is 0.411 e. The summed E-state index contributed by atoms with van der Waals surface area (Å²) in [7, 11) is 1.26. The van der Waals surface area contributed by atoms with Crippen LogP contribution in [0.15, 0.2) is 95.5 Å². The Morgan fingerprint density at radius 1 is 0.864 bits per heavy atom. The largest absolute Gasteiger partial charge is 0.453 e. The fourth-order valence-electron chi connectivity index (χ4n) is 6.22. The number of hydrogen-bond acceptors (Lipinski definition) is 7. The van der Waals surface area contributed by atoms with Gasteiger partial charge in [0.2, 0.25) is 0 Å². The van der Waals surface area contributed by atoms with Crippen LogP contribution in [0.3, 0.4) is 0 Å². The highest BCUT2D eigenvalue weighted by molar-refractivity contribution is 6.06. The van der Waals surface area contributed by atoms with Crippen molar-refractivity contribution in [3.63, 3.8) is 0 Å². The molecule has 1 aliphatic carbocycles. The molecule has 3 amide bonds. The van der Waals surface area contributed by atoms with Crippen LogP contribution in [0.5, 0.6) is 0 Å². The van der Waals surface area contributed by atoms with E-state index in [-0.39, 0.29) is 23.9 Å². The maximum atomic E-state index is 14.0. The van der Waals surface area contributed by atoms with Crippen LogP contribution in [0.2, 0.25) is 0 Å². The van der Waals surface area contributed by atoms with Crippen molar-refractivity contribution in [1.29, 1.82) is 0 Å². The molecule has 4 aromatic carbocycles. The van der Waals surface area contributed by atoms with Gasteiger partial charge in [-0.25, -0.2) is 9.59 Å². The second-order valence-corrected chi connectivity index (χ2v) is 10.7. The number of nitrogens with zero attached hydrogens (tertiary/aromatic N) is 2. The molecule has 10 heteroatoms. The van der Waals surface area contributed by atoms with Crippen molar-refractivity contribution < 1.29 is 28.4 Å². The molecule has 1 unspecified atom stereocenters. The summed E-state index contributed by atoms with van der Waals surface area (Å²) in [6.07, 6.45) is -0.660. The third kappa shape index (κ3) is 4.70. The fraction of sp³-hybridized carbons (Fsp3) is 0.176. The average molecular weight is 589 g/mol. The number of hydrogen-bond donors (Lipinski definition) is 2. The Balaban J connectivity index is 1.15. The Morgan fingerprint density at radius 3 is 2.27 bits per heavy atom. The van der Waals surface area contributed by atoms with Gasteiger partial charge >= 0.3 is 12.2 Å². The summed E-state index contributed by atoms with van der Waals surface area (Å²) >= 11 is 0. The van der Waals surface area contributed by atoms with Crippen LogP contribution in [-0.4, -0.2) is 48.4 Å². The molecule has 2 N–H and O–H groups in total. The SMILES string of the molecule is COC(=O)Nc1cccc2c(NC(=O)C3c4ccccc4CCN3C(=O)OCC3c4ccccc4-c4ccccc43)noc12. The summed E-state index contributed by atoms with van der Waals surface area (Å²) in [4.78, 5) is 40.9. The number of carbonyl (C=O) groups is 3. The summed E-state index contributed by atoms with van der Waals surface area (Å²) in [5.41, 5.74) is 6.79. The number of amides is 3. The molecule has 0 saturated heterocycles. The standard InChI is InChI=1S/C34H28N4O6/c1-42-33(40)35-28-16-8-15-26-30(28)44-37-31(26)36-32(39)29-21-10-3-2-9-20(21)17-18-38(29)34(41)43-19-27-24-13-6-4-11-22(24)23-12-5-7-14-25(23)27/h2-16,27,29H,17-19H2,1H3,(H,35,40)(H,36,37,39). The number of ether oxygens (including phenoxy) is 2. The molecular formula is C34H28N4O6. The van der Waals surface area contributed by atoms with Crippen molar-refractivity contribution in [2.45, 2.75) is 18.4 Å². The summed E-state index contributed by atoms with van der Waals surface area (Å²) in [6.45, 7) is 0.446. The van der Waals surface area contributed by atoms with Crippen molar-refractivity contribution in [3.8, 4) is 11.1 Å². The molecule has 2 heterocycles. The van der Waals surface area contributed by atoms with E-state index in [1.165, 1.54) is 12.0 Å². The molecule has 0 spiro atoms. The van der Waals surface area contributed by atoms with E-state index in [2.05, 4.69) is 44.8 Å². The molecule has 10 nitrogen and oxygen atoms in total. The summed E-state index contributed by atoms with van der Waals surface area (Å²) in [5, 5.41) is 9.94. The minimum atomic E-state index is -0.960. The van der Waals surface area contributed by atoms with Gasteiger partial charge in [-0.15, -0.1) is 0 Å². The monoisotopic (exact) mass is 588 g/mol. The van der Waals surface area contributed by atoms with E-state index >= 15 is 0 Å². The molecule has 1 atom stereocenters. The van der Waals surface area contributed by atoms with Crippen molar-refractivity contribution in [1.82, 2.24) is 10.1 Å². The predicted molar refractivity (Wildman–Crippen MR) is 163 cm³/mol. The zero-order chi connectivity index (χ0) is 30.2. The first kappa shape index (κ1) is 27.2. The van der Waals surface area contributed by atoms with Crippen LogP contribution < -0.4 is 10.6 Å². The minimum absolute atomic E-state index is 0.106. The number of fused-ring (bicyclic) bond motifs is 5. The molecule has 44 heavy (non-hydrogen) atoms. The van der Waals surface area contributed by atoms with Gasteiger partial charge in [-0.2, -0.15) is 0 Å². The normalized spacial score (nSPS) is 15.2. The summed E-state index contributed by atoms with van der Waals surface area (Å²) < 4.78 is 16.1. The zero-order valence-electron chi connectivity index (χ0n) is 23.8. The van der Waals surface area contributed by atoms with Crippen LogP contribution in [0, 0.1) is 0 Å². The first-order valence-corrected chi connectivity index (χ1v) is 14.3. The van der Waals surface area contributed by atoms with Gasteiger partial charge < -0.3 is 19.3 Å². The van der Waals surface area contributed by atoms with Crippen molar-refractivity contribution >= 4 is 40.6 Å². The molecule has 7 rings (SSSR count). The Bertz CT molecular complexity index is 1870. The summed E-state index contributed by atoms with van der Waals surface area (Å²) in [6, 6.07) is 27.9. The van der Waals surface area contributed by atoms with Crippen molar-refractivity contribution in [2.24, 2.45) is 0 Å². The molecule has 1 aliphatic heterocycles. The topological polar surface area (TPSA) is 123 Å². The van der Waals surface area contributed by atoms with Gasteiger partial charge in [-0.05, 0) is 51.9 Å². The van der Waals surface area contributed by atoms with E-state index in [4.69, 9.17) is 9.26 Å². The number of rotatable bonds is 5. The number of benzene rings is 4. The van der Waals surface area contributed by atoms with E-state index in [1.807, 2.05) is 48.5 Å². The third-order valence-corrected chi connectivity index (χ3v) is 8.26. The predicted octanol–water partition coefficient (Wildman–Crippen LogP) is 6.49. The Hall–Kier alpha value is -5.64. The molecule has 0 fully saturated rings. The number of aromatic nitrogens is 1. The molecular weight excluding hydrogens is 560 g/mol. The molecule has 0 radical (unpaired) electrons. The number of anilines is 2. The smallest absolute Gasteiger partial charge is 0.411 e. The van der Waals surface area contributed by atoms with Gasteiger partial charge in [0.15, 0.2) is 11.4 Å². The first-order valence-electron chi connectivity index (χ1n) is 14.3. The van der Waals surface area contributed by atoms with Crippen LogP contribution >= 0.6 is 0 Å². The second kappa shape index (κ2) is 11.2. The van der Waals surface area contributed by atoms with Crippen LogP contribution in [0.25, 0.3) is 22.1 Å². The molecule has 5 aromatic rings. The fourth-order valence-corrected chi connectivity index (χ4v) is 6.22. The average Bonchev–Trinajstić information content (AvgIpc) is 3.62. The number of nitrogens with one attached hydrogen (secondary N) is 2. The van der Waals surface area contributed by atoms with Gasteiger partial charge in [-0.1, -0.05) is 84.0 Å². The van der Waals surface area contributed by atoms with E-state index in [0.717, 1.165) is 27.8 Å². The number of methoxy groups -OCH3 is 1. The highest BCUT2D eigenvalue weighted by Crippen LogP contribution is 2.44. The van der Waals surface area contributed by atoms with E-state index in [9.17, 15) is 14.4 Å². The molecule has 1 aromatic heterocycles. The van der Waals surface area contributed by atoms with Gasteiger partial charge in [0.05, 0.1) is 18.2 Å². The highest BCUT2D eigenvalue weighted by atomic mass is 16.6. The Kier molecular flexibility index (Phi) is 6.94. The van der Waals surface area contributed by atoms with E-state index in [0.29, 0.717) is 29.6 Å². The maximum absolute atomic E-state index is 14.0. The lowest BCUT2D eigenvalue weighted by molar-refractivity contribution is -0.121. The lowest BCUT2D eigenvalue weighted by Crippen LogP contribution is -2.45. The minimum Gasteiger partial charge on any atom is -0.453 e. The highest BCUT2D eigenvalue weighted by Gasteiger charge is 2.38. The molecule has 0 bridgehead atoms. The lowest BCUT2D eigenvalue weighted by Gasteiger charge is -2.35. The Morgan fingerprint density at radius 2 is 1.55 bits per heavy atom. The number of para-hydroxylation sites is 1. The van der Waals surface area contributed by atoms with E-state index in [1.54, 1.807) is 18.2 Å². The first-order chi connectivity index (χ1) is 21.5. The molecule has 0 saturated carbocycles. The van der Waals surface area contributed by atoms with Gasteiger partial charge in [0.25, 0.3) is 5.91 Å². The molecule has 2 aliphatic rings. The van der Waals surface area contributed by atoms with Crippen LogP contribution in [-0.2, 0) is 20.7 Å². The quantitative estimate of drug-likeness (QED) is 0.240. The van der Waals surface area contributed by atoms with Gasteiger partial charge in [0, 0.05) is 12.5 Å². The van der Waals surface area contributed by atoms with Crippen LogP contribution in [0.4, 0.5) is 21.1 Å². The second-order valence-electron chi connectivity index (χ2n) is 10.7. The van der Waals surface area contributed by atoms with Crippen molar-refractivity contribution in [3.05, 3.63) is 113 Å². The summed E-state index contributed by atoms with van der Waals surface area (Å²) in [5.74, 6) is -0.411. The van der Waals surface area contributed by atoms with Gasteiger partial charge in [-0.3, -0.25) is 15.0 Å². The van der Waals surface area contributed by atoms with Gasteiger partial charge in [0.1, 0.15) is 12.6 Å². The number of carbonyl (C=O) groups excluding carboxylic acids is 3. The third-order valence-electron chi connectivity index (χ3n) is 8.26. The van der Waals surface area contributed by atoms with Crippen LogP contribution in [0.1, 0.15) is 34.2 Å². The Labute approximate surface area is 252 Å². The van der Waals surface area contributed by atoms with E-state index < -0.39 is 24.1 Å². The van der Waals surface area contributed by atoms with Crippen molar-refractivity contribution in [2.75, 3.05) is 30.9 Å². The lowest BCUT2D eigenvalue weighted by atomic mass is 9.92. The zero-order valence-corrected chi connectivity index (χ0v) is 23.8. The molecule has 220 valence electrons.